The molecule has 3 heteroatoms. The third-order valence-corrected chi connectivity index (χ3v) is 4.68. The zero-order valence-electron chi connectivity index (χ0n) is 10.2. The van der Waals surface area contributed by atoms with Crippen LogP contribution in [0.3, 0.4) is 0 Å². The minimum atomic E-state index is 0.686. The van der Waals surface area contributed by atoms with Gasteiger partial charge in [0.15, 0.2) is 5.96 Å². The first-order valence-corrected chi connectivity index (χ1v) is 6.78. The molecule has 16 heavy (non-hydrogen) atoms. The predicted molar refractivity (Wildman–Crippen MR) is 66.2 cm³/mol. The van der Waals surface area contributed by atoms with E-state index in [1.807, 2.05) is 0 Å². The molecule has 0 aromatic carbocycles. The van der Waals surface area contributed by atoms with E-state index < -0.39 is 0 Å². The molecule has 3 aliphatic rings. The van der Waals surface area contributed by atoms with Crippen molar-refractivity contribution in [3.05, 3.63) is 0 Å². The molecule has 3 nitrogen and oxygen atoms in total. The fourth-order valence-corrected chi connectivity index (χ4v) is 2.90. The van der Waals surface area contributed by atoms with E-state index in [4.69, 9.17) is 5.73 Å². The van der Waals surface area contributed by atoms with Crippen LogP contribution in [0, 0.1) is 17.8 Å². The molecular formula is C13H23N3. The van der Waals surface area contributed by atoms with Crippen LogP contribution in [0.25, 0.3) is 0 Å². The van der Waals surface area contributed by atoms with Gasteiger partial charge in [-0.1, -0.05) is 19.3 Å². The minimum Gasteiger partial charge on any atom is -0.370 e. The molecule has 3 saturated carbocycles. The van der Waals surface area contributed by atoms with Crippen LogP contribution in [0.15, 0.2) is 4.99 Å². The largest absolute Gasteiger partial charge is 0.370 e. The maximum absolute atomic E-state index is 5.98. The van der Waals surface area contributed by atoms with Gasteiger partial charge < -0.3 is 10.6 Å². The maximum atomic E-state index is 5.98. The zero-order valence-corrected chi connectivity index (χ0v) is 10.2. The summed E-state index contributed by atoms with van der Waals surface area (Å²) in [5.41, 5.74) is 5.98. The van der Waals surface area contributed by atoms with E-state index in [-0.39, 0.29) is 0 Å². The third kappa shape index (κ3) is 2.04. The van der Waals surface area contributed by atoms with Crippen molar-refractivity contribution in [3.63, 3.8) is 0 Å². The van der Waals surface area contributed by atoms with Crippen molar-refractivity contribution in [3.8, 4) is 0 Å². The monoisotopic (exact) mass is 221 g/mol. The van der Waals surface area contributed by atoms with Gasteiger partial charge in [0.05, 0.1) is 0 Å². The van der Waals surface area contributed by atoms with Gasteiger partial charge >= 0.3 is 0 Å². The number of nitrogens with zero attached hydrogens (tertiary/aromatic N) is 2. The number of hydrogen-bond acceptors (Lipinski definition) is 1. The summed E-state index contributed by atoms with van der Waals surface area (Å²) in [4.78, 5) is 6.71. The molecule has 0 unspecified atom stereocenters. The summed E-state index contributed by atoms with van der Waals surface area (Å²) in [5.74, 6) is 3.66. The SMILES string of the molecule is CN(C(N)=NC[C@@H]1C[C@H]1C1CCC1)C1CC1. The van der Waals surface area contributed by atoms with E-state index >= 15 is 0 Å². The van der Waals surface area contributed by atoms with E-state index in [0.29, 0.717) is 6.04 Å². The zero-order chi connectivity index (χ0) is 11.1. The minimum absolute atomic E-state index is 0.686. The first kappa shape index (κ1) is 10.4. The normalized spacial score (nSPS) is 34.7. The van der Waals surface area contributed by atoms with Crippen LogP contribution in [-0.4, -0.2) is 30.5 Å². The first-order chi connectivity index (χ1) is 7.75. The highest BCUT2D eigenvalue weighted by Gasteiger charge is 2.44. The van der Waals surface area contributed by atoms with E-state index in [0.717, 1.165) is 30.3 Å². The molecule has 0 aliphatic heterocycles. The van der Waals surface area contributed by atoms with Crippen LogP contribution in [-0.2, 0) is 0 Å². The predicted octanol–water partition coefficient (Wildman–Crippen LogP) is 1.83. The Morgan fingerprint density at radius 2 is 2.06 bits per heavy atom. The number of hydrogen-bond donors (Lipinski definition) is 1. The van der Waals surface area contributed by atoms with Crippen molar-refractivity contribution in [2.75, 3.05) is 13.6 Å². The third-order valence-electron chi connectivity index (χ3n) is 4.68. The molecule has 0 aromatic rings. The van der Waals surface area contributed by atoms with Crippen molar-refractivity contribution >= 4 is 5.96 Å². The molecule has 0 bridgehead atoms. The summed E-state index contributed by atoms with van der Waals surface area (Å²) in [6.45, 7) is 0.976. The van der Waals surface area contributed by atoms with Crippen LogP contribution in [0.1, 0.15) is 38.5 Å². The molecule has 0 amide bonds. The summed E-state index contributed by atoms with van der Waals surface area (Å²) in [5, 5.41) is 0. The van der Waals surface area contributed by atoms with Crippen molar-refractivity contribution in [1.82, 2.24) is 4.90 Å². The lowest BCUT2D eigenvalue weighted by Crippen LogP contribution is -2.35. The van der Waals surface area contributed by atoms with Gasteiger partial charge in [-0.25, -0.2) is 0 Å². The van der Waals surface area contributed by atoms with Crippen LogP contribution in [0.2, 0.25) is 0 Å². The molecule has 0 saturated heterocycles. The second kappa shape index (κ2) is 3.94. The highest BCUT2D eigenvalue weighted by Crippen LogP contribution is 2.51. The molecule has 2 atom stereocenters. The molecule has 3 fully saturated rings. The molecule has 0 radical (unpaired) electrons. The molecule has 0 spiro atoms. The Bertz CT molecular complexity index is 292. The fraction of sp³-hybridized carbons (Fsp3) is 0.923. The molecule has 90 valence electrons. The standard InChI is InChI=1S/C13H23N3/c1-16(11-5-6-11)13(14)15-8-10-7-12(10)9-3-2-4-9/h9-12H,2-8H2,1H3,(H2,14,15)/t10-,12-/m0/s1. The molecule has 0 heterocycles. The van der Waals surface area contributed by atoms with Gasteiger partial charge in [0.1, 0.15) is 0 Å². The summed E-state index contributed by atoms with van der Waals surface area (Å²) >= 11 is 0. The van der Waals surface area contributed by atoms with Gasteiger partial charge in [0.25, 0.3) is 0 Å². The van der Waals surface area contributed by atoms with Gasteiger partial charge in [0, 0.05) is 19.6 Å². The molecule has 3 aliphatic carbocycles. The Kier molecular flexibility index (Phi) is 2.56. The average molecular weight is 221 g/mol. The summed E-state index contributed by atoms with van der Waals surface area (Å²) in [6, 6.07) is 0.686. The average Bonchev–Trinajstić information content (AvgIpc) is 3.05. The Hall–Kier alpha value is -0.730. The van der Waals surface area contributed by atoms with Gasteiger partial charge in [-0.15, -0.1) is 0 Å². The van der Waals surface area contributed by atoms with E-state index in [1.165, 1.54) is 38.5 Å². The smallest absolute Gasteiger partial charge is 0.191 e. The topological polar surface area (TPSA) is 41.6 Å². The second-order valence-electron chi connectivity index (χ2n) is 5.89. The lowest BCUT2D eigenvalue weighted by molar-refractivity contribution is 0.266. The maximum Gasteiger partial charge on any atom is 0.191 e. The van der Waals surface area contributed by atoms with E-state index in [1.54, 1.807) is 0 Å². The Morgan fingerprint density at radius 3 is 2.62 bits per heavy atom. The number of guanidine groups is 1. The second-order valence-corrected chi connectivity index (χ2v) is 5.89. The summed E-state index contributed by atoms with van der Waals surface area (Å²) in [6.07, 6.45) is 8.41. The Balaban J connectivity index is 1.43. The first-order valence-electron chi connectivity index (χ1n) is 6.78. The lowest BCUT2D eigenvalue weighted by Gasteiger charge is -2.25. The molecule has 3 rings (SSSR count). The highest BCUT2D eigenvalue weighted by atomic mass is 15.3. The van der Waals surface area contributed by atoms with Crippen molar-refractivity contribution < 1.29 is 0 Å². The molecular weight excluding hydrogens is 198 g/mol. The summed E-state index contributed by atoms with van der Waals surface area (Å²) < 4.78 is 0. The fourth-order valence-electron chi connectivity index (χ4n) is 2.90. The quantitative estimate of drug-likeness (QED) is 0.581. The van der Waals surface area contributed by atoms with E-state index in [2.05, 4.69) is 16.9 Å². The summed E-state index contributed by atoms with van der Waals surface area (Å²) in [7, 11) is 2.08. The van der Waals surface area contributed by atoms with Gasteiger partial charge in [-0.3, -0.25) is 4.99 Å². The Labute approximate surface area is 98.1 Å². The highest BCUT2D eigenvalue weighted by molar-refractivity contribution is 5.78. The van der Waals surface area contributed by atoms with Crippen LogP contribution < -0.4 is 5.73 Å². The van der Waals surface area contributed by atoms with Gasteiger partial charge in [-0.05, 0) is 37.0 Å². The number of aliphatic imine (C=N–C) groups is 1. The van der Waals surface area contributed by atoms with Crippen LogP contribution in [0.4, 0.5) is 0 Å². The number of rotatable bonds is 4. The van der Waals surface area contributed by atoms with Crippen molar-refractivity contribution in [1.29, 1.82) is 0 Å². The molecule has 0 aromatic heterocycles. The van der Waals surface area contributed by atoms with Crippen LogP contribution >= 0.6 is 0 Å². The lowest BCUT2D eigenvalue weighted by atomic mass is 9.81. The van der Waals surface area contributed by atoms with Crippen LogP contribution in [0.5, 0.6) is 0 Å². The Morgan fingerprint density at radius 1 is 1.31 bits per heavy atom. The van der Waals surface area contributed by atoms with Crippen molar-refractivity contribution in [2.24, 2.45) is 28.5 Å². The van der Waals surface area contributed by atoms with Gasteiger partial charge in [0.2, 0.25) is 0 Å². The number of nitrogens with two attached hydrogens (primary N) is 1. The van der Waals surface area contributed by atoms with Gasteiger partial charge in [-0.2, -0.15) is 0 Å². The molecule has 2 N–H and O–H groups in total. The van der Waals surface area contributed by atoms with Crippen molar-refractivity contribution in [2.45, 2.75) is 44.6 Å². The van der Waals surface area contributed by atoms with E-state index in [9.17, 15) is 0 Å².